The molecule has 0 spiro atoms. The molecule has 0 radical (unpaired) electrons. The van der Waals surface area contributed by atoms with Crippen molar-refractivity contribution in [2.45, 2.75) is 43.5 Å². The summed E-state index contributed by atoms with van der Waals surface area (Å²) in [6.07, 6.45) is 6.30. The normalized spacial score (nSPS) is 19.3. The molecule has 7 nitrogen and oxygen atoms in total. The monoisotopic (exact) mass is 404 g/mol. The van der Waals surface area contributed by atoms with Crippen molar-refractivity contribution in [2.24, 2.45) is 0 Å². The second kappa shape index (κ2) is 7.75. The molecule has 2 aromatic rings. The zero-order valence-corrected chi connectivity index (χ0v) is 17.4. The SMILES string of the molecule is COc1ccc(N2CCN(S(=O)(=O)c3cn(C4CCCC4)nc3C)CC2)cc1. The van der Waals surface area contributed by atoms with Crippen LogP contribution in [0.15, 0.2) is 35.4 Å². The number of anilines is 1. The average molecular weight is 405 g/mol. The molecule has 152 valence electrons. The van der Waals surface area contributed by atoms with Gasteiger partial charge in [-0.1, -0.05) is 12.8 Å². The van der Waals surface area contributed by atoms with Crippen molar-refractivity contribution >= 4 is 15.7 Å². The van der Waals surface area contributed by atoms with Gasteiger partial charge in [-0.2, -0.15) is 9.40 Å². The molecule has 0 unspecified atom stereocenters. The van der Waals surface area contributed by atoms with E-state index < -0.39 is 10.0 Å². The Morgan fingerprint density at radius 2 is 1.68 bits per heavy atom. The maximum Gasteiger partial charge on any atom is 0.246 e. The Hall–Kier alpha value is -2.06. The van der Waals surface area contributed by atoms with E-state index in [9.17, 15) is 8.42 Å². The maximum absolute atomic E-state index is 13.2. The number of methoxy groups -OCH3 is 1. The molecular weight excluding hydrogens is 376 g/mol. The van der Waals surface area contributed by atoms with Gasteiger partial charge in [0.2, 0.25) is 10.0 Å². The molecule has 4 rings (SSSR count). The van der Waals surface area contributed by atoms with Crippen LogP contribution in [0.1, 0.15) is 37.4 Å². The van der Waals surface area contributed by atoms with Crippen molar-refractivity contribution < 1.29 is 13.2 Å². The van der Waals surface area contributed by atoms with Gasteiger partial charge >= 0.3 is 0 Å². The van der Waals surface area contributed by atoms with Crippen molar-refractivity contribution in [1.29, 1.82) is 0 Å². The highest BCUT2D eigenvalue weighted by atomic mass is 32.2. The fourth-order valence-electron chi connectivity index (χ4n) is 4.19. The predicted octanol–water partition coefficient (Wildman–Crippen LogP) is 2.83. The summed E-state index contributed by atoms with van der Waals surface area (Å²) in [6.45, 7) is 4.08. The molecule has 8 heteroatoms. The first-order valence-electron chi connectivity index (χ1n) is 9.94. The summed E-state index contributed by atoms with van der Waals surface area (Å²) in [5.74, 6) is 0.819. The summed E-state index contributed by atoms with van der Waals surface area (Å²) in [4.78, 5) is 2.57. The zero-order valence-electron chi connectivity index (χ0n) is 16.5. The van der Waals surface area contributed by atoms with E-state index in [0.717, 1.165) is 24.3 Å². The van der Waals surface area contributed by atoms with E-state index in [1.165, 1.54) is 12.8 Å². The van der Waals surface area contributed by atoms with E-state index in [2.05, 4.69) is 10.00 Å². The number of aromatic nitrogens is 2. The number of aryl methyl sites for hydroxylation is 1. The van der Waals surface area contributed by atoms with Gasteiger partial charge in [-0.3, -0.25) is 4.68 Å². The van der Waals surface area contributed by atoms with Crippen LogP contribution < -0.4 is 9.64 Å². The molecular formula is C20H28N4O3S. The van der Waals surface area contributed by atoms with E-state index in [-0.39, 0.29) is 0 Å². The molecule has 0 bridgehead atoms. The van der Waals surface area contributed by atoms with E-state index in [0.29, 0.717) is 42.8 Å². The highest BCUT2D eigenvalue weighted by Gasteiger charge is 2.32. The third kappa shape index (κ3) is 3.63. The summed E-state index contributed by atoms with van der Waals surface area (Å²) in [6, 6.07) is 8.23. The van der Waals surface area contributed by atoms with Crippen LogP contribution in [0.4, 0.5) is 5.69 Å². The molecule has 1 aliphatic heterocycles. The third-order valence-corrected chi connectivity index (χ3v) is 7.87. The molecule has 2 aliphatic rings. The summed E-state index contributed by atoms with van der Waals surface area (Å²) in [5.41, 5.74) is 1.69. The molecule has 0 atom stereocenters. The average Bonchev–Trinajstić information content (AvgIpc) is 3.38. The van der Waals surface area contributed by atoms with Crippen molar-refractivity contribution in [3.05, 3.63) is 36.2 Å². The Morgan fingerprint density at radius 1 is 1.04 bits per heavy atom. The van der Waals surface area contributed by atoms with Crippen LogP contribution in [0.25, 0.3) is 0 Å². The highest BCUT2D eigenvalue weighted by Crippen LogP contribution is 2.31. The lowest BCUT2D eigenvalue weighted by Crippen LogP contribution is -2.48. The topological polar surface area (TPSA) is 67.7 Å². The number of nitrogens with zero attached hydrogens (tertiary/aromatic N) is 4. The second-order valence-electron chi connectivity index (χ2n) is 7.59. The quantitative estimate of drug-likeness (QED) is 0.767. The van der Waals surface area contributed by atoms with Crippen LogP contribution in [0.2, 0.25) is 0 Å². The number of piperazine rings is 1. The number of benzene rings is 1. The summed E-state index contributed by atoms with van der Waals surface area (Å²) >= 11 is 0. The molecule has 0 amide bonds. The van der Waals surface area contributed by atoms with Crippen molar-refractivity contribution in [3.63, 3.8) is 0 Å². The minimum absolute atomic E-state index is 0.342. The predicted molar refractivity (Wildman–Crippen MR) is 108 cm³/mol. The van der Waals surface area contributed by atoms with Crippen LogP contribution in [0, 0.1) is 6.92 Å². The molecule has 28 heavy (non-hydrogen) atoms. The fourth-order valence-corrected chi connectivity index (χ4v) is 5.77. The third-order valence-electron chi connectivity index (χ3n) is 5.86. The molecule has 1 aromatic carbocycles. The summed E-state index contributed by atoms with van der Waals surface area (Å²) in [7, 11) is -1.87. The lowest BCUT2D eigenvalue weighted by atomic mass is 10.2. The van der Waals surface area contributed by atoms with Gasteiger partial charge < -0.3 is 9.64 Å². The highest BCUT2D eigenvalue weighted by molar-refractivity contribution is 7.89. The Kier molecular flexibility index (Phi) is 5.33. The number of hydrogen-bond donors (Lipinski definition) is 0. The van der Waals surface area contributed by atoms with Gasteiger partial charge in [-0.05, 0) is 44.0 Å². The molecule has 1 saturated heterocycles. The minimum Gasteiger partial charge on any atom is -0.497 e. The van der Waals surface area contributed by atoms with Gasteiger partial charge in [0, 0.05) is 38.1 Å². The minimum atomic E-state index is -3.51. The molecule has 0 N–H and O–H groups in total. The van der Waals surface area contributed by atoms with Crippen LogP contribution in [0.5, 0.6) is 5.75 Å². The van der Waals surface area contributed by atoms with Crippen LogP contribution >= 0.6 is 0 Å². The van der Waals surface area contributed by atoms with Crippen molar-refractivity contribution in [2.75, 3.05) is 38.2 Å². The Bertz CT molecular complexity index is 909. The lowest BCUT2D eigenvalue weighted by molar-refractivity contribution is 0.384. The molecule has 2 fully saturated rings. The van der Waals surface area contributed by atoms with Gasteiger partial charge in [0.1, 0.15) is 10.6 Å². The van der Waals surface area contributed by atoms with E-state index in [1.807, 2.05) is 28.9 Å². The summed E-state index contributed by atoms with van der Waals surface area (Å²) in [5, 5.41) is 4.52. The Labute approximate surface area is 166 Å². The molecule has 1 saturated carbocycles. The number of rotatable bonds is 5. The van der Waals surface area contributed by atoms with Crippen LogP contribution in [0.3, 0.4) is 0 Å². The van der Waals surface area contributed by atoms with E-state index in [1.54, 1.807) is 24.5 Å². The fraction of sp³-hybridized carbons (Fsp3) is 0.550. The molecule has 2 heterocycles. The standard InChI is InChI=1S/C20H28N4O3S/c1-16-20(15-24(21-16)18-5-3-4-6-18)28(25,26)23-13-11-22(12-14-23)17-7-9-19(27-2)10-8-17/h7-10,15,18H,3-6,11-14H2,1-2H3. The van der Waals surface area contributed by atoms with E-state index >= 15 is 0 Å². The largest absolute Gasteiger partial charge is 0.497 e. The van der Waals surface area contributed by atoms with Gasteiger partial charge in [-0.15, -0.1) is 0 Å². The second-order valence-corrected chi connectivity index (χ2v) is 9.49. The van der Waals surface area contributed by atoms with Crippen molar-refractivity contribution in [3.8, 4) is 5.75 Å². The maximum atomic E-state index is 13.2. The number of hydrogen-bond acceptors (Lipinski definition) is 5. The van der Waals surface area contributed by atoms with Gasteiger partial charge in [-0.25, -0.2) is 8.42 Å². The van der Waals surface area contributed by atoms with Crippen LogP contribution in [-0.4, -0.2) is 55.8 Å². The lowest BCUT2D eigenvalue weighted by Gasteiger charge is -2.35. The first-order valence-corrected chi connectivity index (χ1v) is 11.4. The van der Waals surface area contributed by atoms with Gasteiger partial charge in [0.05, 0.1) is 18.8 Å². The van der Waals surface area contributed by atoms with Crippen molar-refractivity contribution in [1.82, 2.24) is 14.1 Å². The van der Waals surface area contributed by atoms with Gasteiger partial charge in [0.15, 0.2) is 0 Å². The van der Waals surface area contributed by atoms with Crippen LogP contribution in [-0.2, 0) is 10.0 Å². The Morgan fingerprint density at radius 3 is 2.29 bits per heavy atom. The Balaban J connectivity index is 1.46. The summed E-state index contributed by atoms with van der Waals surface area (Å²) < 4.78 is 35.1. The number of ether oxygens (including phenoxy) is 1. The number of sulfonamides is 1. The first-order chi connectivity index (χ1) is 13.5. The molecule has 1 aliphatic carbocycles. The first kappa shape index (κ1) is 19.3. The zero-order chi connectivity index (χ0) is 19.7. The van der Waals surface area contributed by atoms with Gasteiger partial charge in [0.25, 0.3) is 0 Å². The van der Waals surface area contributed by atoms with E-state index in [4.69, 9.17) is 4.74 Å². The molecule has 1 aromatic heterocycles. The smallest absolute Gasteiger partial charge is 0.246 e.